The second-order valence-corrected chi connectivity index (χ2v) is 2.86. The summed E-state index contributed by atoms with van der Waals surface area (Å²) < 4.78 is 4.68. The van der Waals surface area contributed by atoms with Gasteiger partial charge in [0, 0.05) is 0 Å². The minimum absolute atomic E-state index is 0.0103. The van der Waals surface area contributed by atoms with Gasteiger partial charge in [-0.25, -0.2) is 0 Å². The number of nitrogens with two attached hydrogens (primary N) is 1. The maximum Gasteiger partial charge on any atom is 0.255 e. The van der Waals surface area contributed by atoms with Crippen LogP contribution in [0.15, 0.2) is 0 Å². The molecule has 0 atom stereocenters. The zero-order valence-corrected chi connectivity index (χ0v) is 7.10. The first-order chi connectivity index (χ1) is 5.61. The Morgan fingerprint density at radius 2 is 2.00 bits per heavy atom. The summed E-state index contributed by atoms with van der Waals surface area (Å²) in [4.78, 5) is 23.1. The molecule has 0 unspecified atom stereocenters. The summed E-state index contributed by atoms with van der Waals surface area (Å²) in [6.45, 7) is -0.140. The molecule has 0 aromatic heterocycles. The second kappa shape index (κ2) is 3.59. The van der Waals surface area contributed by atoms with Crippen LogP contribution >= 0.6 is 12.2 Å². The van der Waals surface area contributed by atoms with E-state index >= 15 is 0 Å². The molecular weight excluding hydrogens is 180 g/mol. The molecule has 12 heavy (non-hydrogen) atoms. The molecule has 2 N–H and O–H groups in total. The average molecular weight is 188 g/mol. The van der Waals surface area contributed by atoms with E-state index in [9.17, 15) is 9.59 Å². The zero-order valence-electron chi connectivity index (χ0n) is 6.28. The van der Waals surface area contributed by atoms with Gasteiger partial charge in [-0.2, -0.15) is 0 Å². The van der Waals surface area contributed by atoms with E-state index in [4.69, 9.17) is 5.73 Å². The van der Waals surface area contributed by atoms with Gasteiger partial charge in [-0.05, 0) is 0 Å². The zero-order chi connectivity index (χ0) is 9.14. The van der Waals surface area contributed by atoms with E-state index < -0.39 is 0 Å². The molecule has 1 rings (SSSR count). The maximum absolute atomic E-state index is 11.0. The molecule has 1 aliphatic rings. The van der Waals surface area contributed by atoms with Crippen LogP contribution in [0, 0.1) is 0 Å². The van der Waals surface area contributed by atoms with Crippen molar-refractivity contribution in [1.82, 2.24) is 4.90 Å². The van der Waals surface area contributed by atoms with Crippen molar-refractivity contribution in [1.29, 1.82) is 0 Å². The number of morpholine rings is 1. The number of rotatable bonds is 2. The molecule has 0 bridgehead atoms. The van der Waals surface area contributed by atoms with Gasteiger partial charge in [0.2, 0.25) is 0 Å². The number of hydrogen-bond acceptors (Lipinski definition) is 4. The van der Waals surface area contributed by atoms with Gasteiger partial charge in [-0.15, -0.1) is 0 Å². The fourth-order valence-corrected chi connectivity index (χ4v) is 0.982. The highest BCUT2D eigenvalue weighted by Crippen LogP contribution is 1.99. The van der Waals surface area contributed by atoms with Gasteiger partial charge in [0.05, 0.1) is 11.5 Å². The molecule has 0 aromatic rings. The van der Waals surface area contributed by atoms with Gasteiger partial charge >= 0.3 is 0 Å². The van der Waals surface area contributed by atoms with Crippen LogP contribution in [0.1, 0.15) is 0 Å². The van der Waals surface area contributed by atoms with Crippen LogP contribution in [0.4, 0.5) is 0 Å². The Balaban J connectivity index is 2.63. The quantitative estimate of drug-likeness (QED) is 0.429. The summed E-state index contributed by atoms with van der Waals surface area (Å²) in [5, 5.41) is 0. The molecule has 0 aromatic carbocycles. The molecule has 1 aliphatic heterocycles. The van der Waals surface area contributed by atoms with Crippen LogP contribution in [0.2, 0.25) is 0 Å². The summed E-state index contributed by atoms with van der Waals surface area (Å²) in [6.07, 6.45) is 0. The van der Waals surface area contributed by atoms with Crippen molar-refractivity contribution in [3.8, 4) is 0 Å². The summed E-state index contributed by atoms with van der Waals surface area (Å²) >= 11 is 4.57. The lowest BCUT2D eigenvalue weighted by atomic mass is 10.4. The van der Waals surface area contributed by atoms with Crippen LogP contribution in [0.25, 0.3) is 0 Å². The molecule has 0 saturated carbocycles. The number of nitrogens with zero attached hydrogens (tertiary/aromatic N) is 1. The number of hydrogen-bond donors (Lipinski definition) is 1. The summed E-state index contributed by atoms with van der Waals surface area (Å²) in [6, 6.07) is 0. The van der Waals surface area contributed by atoms with Gasteiger partial charge in [0.15, 0.2) is 0 Å². The minimum atomic E-state index is -0.390. The Morgan fingerprint density at radius 1 is 1.50 bits per heavy atom. The highest BCUT2D eigenvalue weighted by atomic mass is 32.1. The average Bonchev–Trinajstić information content (AvgIpc) is 1.97. The standard InChI is InChI=1S/C6H8N2O3S/c7-4(12)1-8-5(9)2-11-3-6(8)10/h1-3H2,(H2,7,12). The third-order valence-electron chi connectivity index (χ3n) is 1.37. The van der Waals surface area contributed by atoms with E-state index in [2.05, 4.69) is 17.0 Å². The van der Waals surface area contributed by atoms with Crippen molar-refractivity contribution in [2.75, 3.05) is 19.8 Å². The Bertz CT molecular complexity index is 225. The predicted molar refractivity (Wildman–Crippen MR) is 44.3 cm³/mol. The molecule has 6 heteroatoms. The molecule has 0 radical (unpaired) electrons. The van der Waals surface area contributed by atoms with Crippen LogP contribution in [0.3, 0.4) is 0 Å². The van der Waals surface area contributed by atoms with E-state index in [1.165, 1.54) is 0 Å². The first-order valence-electron chi connectivity index (χ1n) is 3.30. The number of ether oxygens (including phenoxy) is 1. The molecule has 1 fully saturated rings. The van der Waals surface area contributed by atoms with E-state index in [1.807, 2.05) is 0 Å². The van der Waals surface area contributed by atoms with Crippen molar-refractivity contribution in [2.45, 2.75) is 0 Å². The van der Waals surface area contributed by atoms with Gasteiger partial charge < -0.3 is 10.5 Å². The van der Waals surface area contributed by atoms with Crippen LogP contribution in [0.5, 0.6) is 0 Å². The number of thiocarbonyl (C=S) groups is 1. The molecule has 0 aliphatic carbocycles. The van der Waals surface area contributed by atoms with E-state index in [0.29, 0.717) is 0 Å². The highest BCUT2D eigenvalue weighted by molar-refractivity contribution is 7.80. The summed E-state index contributed by atoms with van der Waals surface area (Å²) in [7, 11) is 0. The minimum Gasteiger partial charge on any atom is -0.392 e. The van der Waals surface area contributed by atoms with Crippen molar-refractivity contribution in [2.24, 2.45) is 5.73 Å². The topological polar surface area (TPSA) is 72.6 Å². The highest BCUT2D eigenvalue weighted by Gasteiger charge is 2.26. The SMILES string of the molecule is NC(=S)CN1C(=O)COCC1=O. The Kier molecular flexibility index (Phi) is 2.72. The largest absolute Gasteiger partial charge is 0.392 e. The van der Waals surface area contributed by atoms with Gasteiger partial charge in [0.25, 0.3) is 11.8 Å². The fraction of sp³-hybridized carbons (Fsp3) is 0.500. The Hall–Kier alpha value is -1.01. The molecule has 66 valence electrons. The lowest BCUT2D eigenvalue weighted by molar-refractivity contribution is -0.157. The predicted octanol–water partition coefficient (Wildman–Crippen LogP) is -1.34. The second-order valence-electron chi connectivity index (χ2n) is 2.33. The first kappa shape index (κ1) is 9.08. The molecule has 1 saturated heterocycles. The number of carbonyl (C=O) groups excluding carboxylic acids is 2. The third kappa shape index (κ3) is 1.99. The number of amides is 2. The van der Waals surface area contributed by atoms with E-state index in [1.54, 1.807) is 0 Å². The summed E-state index contributed by atoms with van der Waals surface area (Å²) in [5.74, 6) is -0.780. The molecule has 5 nitrogen and oxygen atoms in total. The lowest BCUT2D eigenvalue weighted by Crippen LogP contribution is -2.49. The molecule has 1 heterocycles. The van der Waals surface area contributed by atoms with E-state index in [0.717, 1.165) is 4.90 Å². The number of carbonyl (C=O) groups is 2. The smallest absolute Gasteiger partial charge is 0.255 e. The maximum atomic E-state index is 11.0. The van der Waals surface area contributed by atoms with E-state index in [-0.39, 0.29) is 36.6 Å². The van der Waals surface area contributed by atoms with Crippen LogP contribution in [-0.4, -0.2) is 41.5 Å². The van der Waals surface area contributed by atoms with Crippen molar-refractivity contribution in [3.05, 3.63) is 0 Å². The monoisotopic (exact) mass is 188 g/mol. The fourth-order valence-electron chi connectivity index (χ4n) is 0.853. The van der Waals surface area contributed by atoms with Crippen LogP contribution < -0.4 is 5.73 Å². The molecule has 0 spiro atoms. The third-order valence-corrected chi connectivity index (χ3v) is 1.50. The van der Waals surface area contributed by atoms with Crippen molar-refractivity contribution >= 4 is 29.0 Å². The summed E-state index contributed by atoms with van der Waals surface area (Å²) in [5.41, 5.74) is 5.19. The first-order valence-corrected chi connectivity index (χ1v) is 3.71. The van der Waals surface area contributed by atoms with Crippen LogP contribution in [-0.2, 0) is 14.3 Å². The molecule has 2 amide bonds. The number of imide groups is 1. The molecular formula is C6H8N2O3S. The van der Waals surface area contributed by atoms with Crippen molar-refractivity contribution < 1.29 is 14.3 Å². The van der Waals surface area contributed by atoms with Gasteiger partial charge in [-0.3, -0.25) is 14.5 Å². The van der Waals surface area contributed by atoms with Gasteiger partial charge in [-0.1, -0.05) is 12.2 Å². The Morgan fingerprint density at radius 3 is 2.42 bits per heavy atom. The van der Waals surface area contributed by atoms with Gasteiger partial charge in [0.1, 0.15) is 13.2 Å². The van der Waals surface area contributed by atoms with Crippen molar-refractivity contribution in [3.63, 3.8) is 0 Å². The normalized spacial score (nSPS) is 18.2. The Labute approximate surface area is 74.5 Å². The lowest BCUT2D eigenvalue weighted by Gasteiger charge is -2.23.